The number of aromatic nitrogens is 1. The molecule has 1 aliphatic heterocycles. The average molecular weight is 318 g/mol. The average Bonchev–Trinajstić information content (AvgIpc) is 3.16. The second kappa shape index (κ2) is 6.42. The number of nitrogens with one attached hydrogen (secondary N) is 1. The van der Waals surface area contributed by atoms with Crippen LogP contribution in [-0.2, 0) is 4.74 Å². The lowest BCUT2D eigenvalue weighted by Crippen LogP contribution is -2.16. The number of hydrogen-bond donors (Lipinski definition) is 1. The summed E-state index contributed by atoms with van der Waals surface area (Å²) in [5.74, 6) is -0.126. The van der Waals surface area contributed by atoms with Gasteiger partial charge in [-0.05, 0) is 36.6 Å². The summed E-state index contributed by atoms with van der Waals surface area (Å²) in [7, 11) is 0. The van der Waals surface area contributed by atoms with Gasteiger partial charge in [0.25, 0.3) is 5.91 Å². The van der Waals surface area contributed by atoms with Gasteiger partial charge in [0.1, 0.15) is 0 Å². The van der Waals surface area contributed by atoms with E-state index in [1.165, 1.54) is 0 Å². The van der Waals surface area contributed by atoms with Crippen molar-refractivity contribution in [1.29, 1.82) is 0 Å². The van der Waals surface area contributed by atoms with Crippen LogP contribution in [0.4, 0.5) is 5.69 Å². The van der Waals surface area contributed by atoms with Crippen molar-refractivity contribution in [2.75, 3.05) is 11.9 Å². The summed E-state index contributed by atoms with van der Waals surface area (Å²) in [5, 5.41) is 4.01. The van der Waals surface area contributed by atoms with E-state index in [0.29, 0.717) is 5.56 Å². The van der Waals surface area contributed by atoms with E-state index >= 15 is 0 Å². The van der Waals surface area contributed by atoms with Crippen molar-refractivity contribution in [3.63, 3.8) is 0 Å². The maximum atomic E-state index is 12.8. The van der Waals surface area contributed by atoms with E-state index in [2.05, 4.69) is 10.3 Å². The largest absolute Gasteiger partial charge is 0.374 e. The second-order valence-electron chi connectivity index (χ2n) is 5.92. The number of hydrogen-bond acceptors (Lipinski definition) is 3. The van der Waals surface area contributed by atoms with Crippen LogP contribution in [0.3, 0.4) is 0 Å². The molecule has 0 radical (unpaired) electrons. The summed E-state index contributed by atoms with van der Waals surface area (Å²) in [6.45, 7) is 0.758. The summed E-state index contributed by atoms with van der Waals surface area (Å²) >= 11 is 0. The number of pyridine rings is 1. The van der Waals surface area contributed by atoms with Crippen LogP contribution in [0.15, 0.2) is 60.8 Å². The van der Waals surface area contributed by atoms with Gasteiger partial charge in [0.05, 0.1) is 17.3 Å². The van der Waals surface area contributed by atoms with Crippen LogP contribution in [0.25, 0.3) is 10.9 Å². The standard InChI is InChI=1S/C20H18N2O2/c23-20(16-9-2-1-8-15(16)18-11-5-13-24-18)22-17-10-3-6-14-7-4-12-21-19(14)17/h1-4,6-10,12,18H,5,11,13H2,(H,22,23)/t18-/m1/s1. The first-order chi connectivity index (χ1) is 11.8. The Morgan fingerprint density at radius 3 is 2.83 bits per heavy atom. The number of amides is 1. The molecule has 1 aromatic heterocycles. The highest BCUT2D eigenvalue weighted by Crippen LogP contribution is 2.31. The first kappa shape index (κ1) is 14.8. The molecule has 2 aromatic carbocycles. The topological polar surface area (TPSA) is 51.2 Å². The highest BCUT2D eigenvalue weighted by Gasteiger charge is 2.23. The van der Waals surface area contributed by atoms with Gasteiger partial charge in [0, 0.05) is 23.8 Å². The Labute approximate surface area is 140 Å². The molecular weight excluding hydrogens is 300 g/mol. The molecule has 4 nitrogen and oxygen atoms in total. The minimum absolute atomic E-state index is 0.0117. The molecule has 1 fully saturated rings. The van der Waals surface area contributed by atoms with E-state index < -0.39 is 0 Å². The van der Waals surface area contributed by atoms with E-state index in [9.17, 15) is 4.79 Å². The summed E-state index contributed by atoms with van der Waals surface area (Å²) < 4.78 is 5.76. The van der Waals surface area contributed by atoms with Gasteiger partial charge < -0.3 is 10.1 Å². The first-order valence-electron chi connectivity index (χ1n) is 8.18. The highest BCUT2D eigenvalue weighted by atomic mass is 16.5. The molecule has 2 heterocycles. The molecule has 1 saturated heterocycles. The Morgan fingerprint density at radius 2 is 1.96 bits per heavy atom. The quantitative estimate of drug-likeness (QED) is 0.781. The molecule has 4 heteroatoms. The van der Waals surface area contributed by atoms with Gasteiger partial charge >= 0.3 is 0 Å². The van der Waals surface area contributed by atoms with E-state index in [4.69, 9.17) is 4.74 Å². The Bertz CT molecular complexity index is 880. The first-order valence-corrected chi connectivity index (χ1v) is 8.18. The smallest absolute Gasteiger partial charge is 0.256 e. The fraction of sp³-hybridized carbons (Fsp3) is 0.200. The number of carbonyl (C=O) groups is 1. The molecule has 0 spiro atoms. The van der Waals surface area contributed by atoms with Gasteiger partial charge in [-0.15, -0.1) is 0 Å². The van der Waals surface area contributed by atoms with Crippen molar-refractivity contribution >= 4 is 22.5 Å². The number of anilines is 1. The normalized spacial score (nSPS) is 17.1. The molecule has 0 aliphatic carbocycles. The maximum Gasteiger partial charge on any atom is 0.256 e. The van der Waals surface area contributed by atoms with Gasteiger partial charge in [-0.25, -0.2) is 0 Å². The van der Waals surface area contributed by atoms with E-state index in [-0.39, 0.29) is 12.0 Å². The van der Waals surface area contributed by atoms with Gasteiger partial charge in [-0.3, -0.25) is 9.78 Å². The van der Waals surface area contributed by atoms with Crippen molar-refractivity contribution in [2.45, 2.75) is 18.9 Å². The minimum Gasteiger partial charge on any atom is -0.374 e. The molecule has 24 heavy (non-hydrogen) atoms. The summed E-state index contributed by atoms with van der Waals surface area (Å²) in [6, 6.07) is 17.3. The summed E-state index contributed by atoms with van der Waals surface area (Å²) in [5.41, 5.74) is 3.14. The van der Waals surface area contributed by atoms with E-state index in [1.807, 2.05) is 54.6 Å². The Balaban J connectivity index is 1.67. The highest BCUT2D eigenvalue weighted by molar-refractivity contribution is 6.09. The molecule has 0 unspecified atom stereocenters. The SMILES string of the molecule is O=C(Nc1cccc2cccnc12)c1ccccc1[C@H]1CCCO1. The molecule has 4 rings (SSSR count). The molecule has 1 aliphatic rings. The number of fused-ring (bicyclic) bond motifs is 1. The zero-order valence-corrected chi connectivity index (χ0v) is 13.2. The molecule has 120 valence electrons. The lowest BCUT2D eigenvalue weighted by Gasteiger charge is -2.15. The molecule has 1 amide bonds. The summed E-state index contributed by atoms with van der Waals surface area (Å²) in [6.07, 6.45) is 3.74. The van der Waals surface area contributed by atoms with E-state index in [0.717, 1.165) is 41.6 Å². The molecule has 3 aromatic rings. The number of para-hydroxylation sites is 1. The van der Waals surface area contributed by atoms with Crippen LogP contribution in [0.2, 0.25) is 0 Å². The summed E-state index contributed by atoms with van der Waals surface area (Å²) in [4.78, 5) is 17.2. The van der Waals surface area contributed by atoms with Gasteiger partial charge in [-0.1, -0.05) is 36.4 Å². The fourth-order valence-corrected chi connectivity index (χ4v) is 3.20. The molecule has 1 N–H and O–H groups in total. The van der Waals surface area contributed by atoms with Crippen molar-refractivity contribution in [1.82, 2.24) is 4.98 Å². The van der Waals surface area contributed by atoms with Crippen LogP contribution in [0.1, 0.15) is 34.9 Å². The number of carbonyl (C=O) groups excluding carboxylic acids is 1. The Kier molecular flexibility index (Phi) is 3.97. The lowest BCUT2D eigenvalue weighted by atomic mass is 9.99. The zero-order valence-electron chi connectivity index (χ0n) is 13.2. The lowest BCUT2D eigenvalue weighted by molar-refractivity contribution is 0.0987. The molecule has 0 saturated carbocycles. The minimum atomic E-state index is -0.126. The third-order valence-corrected chi connectivity index (χ3v) is 4.36. The fourth-order valence-electron chi connectivity index (χ4n) is 3.20. The number of ether oxygens (including phenoxy) is 1. The van der Waals surface area contributed by atoms with Gasteiger partial charge in [0.2, 0.25) is 0 Å². The van der Waals surface area contributed by atoms with Crippen LogP contribution in [0, 0.1) is 0 Å². The number of benzene rings is 2. The Hall–Kier alpha value is -2.72. The van der Waals surface area contributed by atoms with Crippen molar-refractivity contribution in [2.24, 2.45) is 0 Å². The van der Waals surface area contributed by atoms with Gasteiger partial charge in [0.15, 0.2) is 0 Å². The van der Waals surface area contributed by atoms with Gasteiger partial charge in [-0.2, -0.15) is 0 Å². The van der Waals surface area contributed by atoms with E-state index in [1.54, 1.807) is 6.20 Å². The maximum absolute atomic E-state index is 12.8. The van der Waals surface area contributed by atoms with Crippen LogP contribution in [0.5, 0.6) is 0 Å². The van der Waals surface area contributed by atoms with Crippen molar-refractivity contribution in [3.05, 3.63) is 71.9 Å². The van der Waals surface area contributed by atoms with Crippen LogP contribution < -0.4 is 5.32 Å². The van der Waals surface area contributed by atoms with Crippen LogP contribution >= 0.6 is 0 Å². The van der Waals surface area contributed by atoms with Crippen molar-refractivity contribution in [3.8, 4) is 0 Å². The molecular formula is C20H18N2O2. The molecule has 1 atom stereocenters. The monoisotopic (exact) mass is 318 g/mol. The second-order valence-corrected chi connectivity index (χ2v) is 5.92. The van der Waals surface area contributed by atoms with Crippen LogP contribution in [-0.4, -0.2) is 17.5 Å². The predicted octanol–water partition coefficient (Wildman–Crippen LogP) is 4.34. The predicted molar refractivity (Wildman–Crippen MR) is 94.1 cm³/mol. The zero-order chi connectivity index (χ0) is 16.4. The third kappa shape index (κ3) is 2.76. The molecule has 0 bridgehead atoms. The number of nitrogens with zero attached hydrogens (tertiary/aromatic N) is 1. The number of rotatable bonds is 3. The third-order valence-electron chi connectivity index (χ3n) is 4.36. The van der Waals surface area contributed by atoms with Crippen molar-refractivity contribution < 1.29 is 9.53 Å². The Morgan fingerprint density at radius 1 is 1.08 bits per heavy atom.